The predicted octanol–water partition coefficient (Wildman–Crippen LogP) is 5.17. The Bertz CT molecular complexity index is 646. The van der Waals surface area contributed by atoms with Crippen molar-refractivity contribution in [1.29, 1.82) is 0 Å². The Balaban J connectivity index is 2.05. The van der Waals surface area contributed by atoms with Crippen molar-refractivity contribution in [2.24, 2.45) is 16.7 Å². The van der Waals surface area contributed by atoms with Crippen LogP contribution in [0.15, 0.2) is 36.0 Å². The molecular weight excluding hydrogens is 374 g/mol. The zero-order valence-corrected chi connectivity index (χ0v) is 18.5. The highest BCUT2D eigenvalue weighted by atomic mass is 19.3. The van der Waals surface area contributed by atoms with Gasteiger partial charge in [-0.3, -0.25) is 0 Å². The number of halogens is 2. The highest BCUT2D eigenvalue weighted by Gasteiger charge is 2.49. The first kappa shape index (κ1) is 24.2. The Morgan fingerprint density at radius 1 is 1.10 bits per heavy atom. The maximum Gasteiger partial charge on any atom is 0.279 e. The van der Waals surface area contributed by atoms with Crippen LogP contribution in [-0.2, 0) is 0 Å². The lowest BCUT2D eigenvalue weighted by Crippen LogP contribution is -2.42. The molecule has 5 heteroatoms. The topological polar surface area (TPSA) is 60.7 Å². The first-order chi connectivity index (χ1) is 13.2. The summed E-state index contributed by atoms with van der Waals surface area (Å²) in [5, 5.41) is 29.3. The van der Waals surface area contributed by atoms with Gasteiger partial charge in [-0.05, 0) is 62.7 Å². The maximum atomic E-state index is 14.0. The smallest absolute Gasteiger partial charge is 0.279 e. The minimum absolute atomic E-state index is 0.103. The Kier molecular flexibility index (Phi) is 7.19. The normalized spacial score (nSPS) is 33.7. The minimum Gasteiger partial charge on any atom is -0.393 e. The van der Waals surface area contributed by atoms with Crippen LogP contribution in [0.1, 0.15) is 73.1 Å². The minimum atomic E-state index is -3.16. The Hall–Kier alpha value is -1.04. The summed E-state index contributed by atoms with van der Waals surface area (Å²) in [5.74, 6) is -2.86. The molecular formula is C24H38F2O3. The van der Waals surface area contributed by atoms with E-state index in [9.17, 15) is 24.1 Å². The number of allylic oxidation sites excluding steroid dienone is 5. The number of hydrogen-bond acceptors (Lipinski definition) is 3. The molecule has 0 bridgehead atoms. The van der Waals surface area contributed by atoms with Crippen molar-refractivity contribution < 1.29 is 24.1 Å². The predicted molar refractivity (Wildman–Crippen MR) is 113 cm³/mol. The summed E-state index contributed by atoms with van der Waals surface area (Å²) in [6, 6.07) is 0. The van der Waals surface area contributed by atoms with Crippen LogP contribution in [0.25, 0.3) is 0 Å². The second kappa shape index (κ2) is 8.60. The molecule has 2 aliphatic rings. The third-order valence-electron chi connectivity index (χ3n) is 7.34. The number of aliphatic hydroxyl groups is 3. The Morgan fingerprint density at radius 3 is 2.24 bits per heavy atom. The van der Waals surface area contributed by atoms with Gasteiger partial charge in [-0.15, -0.1) is 0 Å². The standard InChI is InChI=1S/C24H38F2O3/c1-21(2)18(9-6-8-17-14-19(27)16-20(28)15-17)10-13-23(21,5)11-7-12-24(25,26)22(3,4)29/h6-9,11,18-20,27-29H,10,12-16H2,1-5H3/b9-6+,11-7-/t18-,19-,20-,23+/m1/s1. The van der Waals surface area contributed by atoms with E-state index in [1.54, 1.807) is 0 Å². The third kappa shape index (κ3) is 5.56. The molecule has 2 aliphatic carbocycles. The number of hydrogen-bond donors (Lipinski definition) is 3. The van der Waals surface area contributed by atoms with Gasteiger partial charge in [0.1, 0.15) is 5.60 Å². The van der Waals surface area contributed by atoms with Crippen molar-refractivity contribution >= 4 is 0 Å². The van der Waals surface area contributed by atoms with Crippen molar-refractivity contribution in [1.82, 2.24) is 0 Å². The van der Waals surface area contributed by atoms with E-state index in [1.807, 2.05) is 18.2 Å². The van der Waals surface area contributed by atoms with Gasteiger partial charge >= 0.3 is 0 Å². The van der Waals surface area contributed by atoms with Crippen molar-refractivity contribution in [3.05, 3.63) is 36.0 Å². The molecule has 2 saturated carbocycles. The van der Waals surface area contributed by atoms with E-state index >= 15 is 0 Å². The average molecular weight is 413 g/mol. The first-order valence-electron chi connectivity index (χ1n) is 10.7. The Morgan fingerprint density at radius 2 is 1.69 bits per heavy atom. The largest absolute Gasteiger partial charge is 0.393 e. The molecule has 4 atom stereocenters. The van der Waals surface area contributed by atoms with Crippen LogP contribution in [-0.4, -0.2) is 39.1 Å². The van der Waals surface area contributed by atoms with Gasteiger partial charge in [0.05, 0.1) is 12.2 Å². The van der Waals surface area contributed by atoms with Gasteiger partial charge in [0.15, 0.2) is 0 Å². The number of alkyl halides is 2. The highest BCUT2D eigenvalue weighted by molar-refractivity contribution is 5.20. The van der Waals surface area contributed by atoms with E-state index < -0.39 is 30.2 Å². The average Bonchev–Trinajstić information content (AvgIpc) is 2.76. The molecule has 0 aromatic rings. The van der Waals surface area contributed by atoms with E-state index in [4.69, 9.17) is 0 Å². The monoisotopic (exact) mass is 412 g/mol. The van der Waals surface area contributed by atoms with Crippen LogP contribution in [0.3, 0.4) is 0 Å². The molecule has 0 aromatic heterocycles. The molecule has 0 radical (unpaired) electrons. The van der Waals surface area contributed by atoms with Crippen molar-refractivity contribution in [3.63, 3.8) is 0 Å². The molecule has 0 unspecified atom stereocenters. The van der Waals surface area contributed by atoms with Gasteiger partial charge in [-0.2, -0.15) is 0 Å². The molecule has 0 amide bonds. The molecule has 0 saturated heterocycles. The fourth-order valence-electron chi connectivity index (χ4n) is 4.54. The van der Waals surface area contributed by atoms with Crippen molar-refractivity contribution in [3.8, 4) is 0 Å². The lowest BCUT2D eigenvalue weighted by Gasteiger charge is -2.39. The summed E-state index contributed by atoms with van der Waals surface area (Å²) in [4.78, 5) is 0. The summed E-state index contributed by atoms with van der Waals surface area (Å²) >= 11 is 0. The molecule has 0 aliphatic heterocycles. The van der Waals surface area contributed by atoms with E-state index in [0.29, 0.717) is 25.2 Å². The quantitative estimate of drug-likeness (QED) is 0.528. The van der Waals surface area contributed by atoms with Gasteiger partial charge in [0.25, 0.3) is 5.92 Å². The SMILES string of the molecule is CC(C)(O)C(F)(F)C/C=C\[C@@]1(C)CC[C@@H](/C=C/C=C2C[C@@H](O)C[C@H](O)C2)C1(C)C. The van der Waals surface area contributed by atoms with Gasteiger partial charge in [0, 0.05) is 6.42 Å². The molecule has 2 fully saturated rings. The maximum absolute atomic E-state index is 14.0. The fourth-order valence-corrected chi connectivity index (χ4v) is 4.54. The van der Waals surface area contributed by atoms with Crippen LogP contribution < -0.4 is 0 Å². The molecule has 0 heterocycles. The number of aliphatic hydroxyl groups excluding tert-OH is 2. The highest BCUT2D eigenvalue weighted by Crippen LogP contribution is 2.57. The van der Waals surface area contributed by atoms with Crippen LogP contribution in [0.4, 0.5) is 8.78 Å². The van der Waals surface area contributed by atoms with Crippen molar-refractivity contribution in [2.45, 2.75) is 96.9 Å². The summed E-state index contributed by atoms with van der Waals surface area (Å²) < 4.78 is 28.1. The molecule has 2 rings (SSSR count). The molecule has 29 heavy (non-hydrogen) atoms. The number of rotatable bonds is 6. The second-order valence-electron chi connectivity index (χ2n) is 10.3. The van der Waals surface area contributed by atoms with Gasteiger partial charge in [0.2, 0.25) is 0 Å². The zero-order valence-electron chi connectivity index (χ0n) is 18.5. The summed E-state index contributed by atoms with van der Waals surface area (Å²) in [5.41, 5.74) is -1.29. The van der Waals surface area contributed by atoms with Crippen LogP contribution >= 0.6 is 0 Å². The lowest BCUT2D eigenvalue weighted by atomic mass is 9.65. The van der Waals surface area contributed by atoms with Crippen molar-refractivity contribution in [2.75, 3.05) is 0 Å². The van der Waals surface area contributed by atoms with E-state index in [0.717, 1.165) is 32.3 Å². The van der Waals surface area contributed by atoms with Gasteiger partial charge in [-0.1, -0.05) is 56.7 Å². The molecule has 3 nitrogen and oxygen atoms in total. The lowest BCUT2D eigenvalue weighted by molar-refractivity contribution is -0.158. The van der Waals surface area contributed by atoms with E-state index in [-0.39, 0.29) is 10.8 Å². The van der Waals surface area contributed by atoms with Gasteiger partial charge < -0.3 is 15.3 Å². The van der Waals surface area contributed by atoms with Crippen LogP contribution in [0.5, 0.6) is 0 Å². The van der Waals surface area contributed by atoms with E-state index in [1.165, 1.54) is 6.08 Å². The van der Waals surface area contributed by atoms with E-state index in [2.05, 4.69) is 26.8 Å². The fraction of sp³-hybridized carbons (Fsp3) is 0.750. The summed E-state index contributed by atoms with van der Waals surface area (Å²) in [7, 11) is 0. The molecule has 3 N–H and O–H groups in total. The van der Waals surface area contributed by atoms with Gasteiger partial charge in [-0.25, -0.2) is 8.78 Å². The zero-order chi connectivity index (χ0) is 22.1. The molecule has 0 aromatic carbocycles. The summed E-state index contributed by atoms with van der Waals surface area (Å²) in [6.45, 7) is 8.75. The van der Waals surface area contributed by atoms with Crippen LogP contribution in [0, 0.1) is 16.7 Å². The Labute approximate surface area is 174 Å². The molecule has 0 spiro atoms. The third-order valence-corrected chi connectivity index (χ3v) is 7.34. The molecule has 166 valence electrons. The second-order valence-corrected chi connectivity index (χ2v) is 10.3. The first-order valence-corrected chi connectivity index (χ1v) is 10.7. The van der Waals surface area contributed by atoms with Crippen LogP contribution in [0.2, 0.25) is 0 Å². The summed E-state index contributed by atoms with van der Waals surface area (Å²) in [6.07, 6.45) is 11.7.